The lowest BCUT2D eigenvalue weighted by Gasteiger charge is -2.10. The number of hydrogen-bond acceptors (Lipinski definition) is 2. The summed E-state index contributed by atoms with van der Waals surface area (Å²) >= 11 is 0. The molecule has 0 aliphatic carbocycles. The molecule has 0 aromatic carbocycles. The van der Waals surface area contributed by atoms with Crippen LogP contribution in [0.1, 0.15) is 0 Å². The molecule has 2 aromatic heterocycles. The van der Waals surface area contributed by atoms with Crippen LogP contribution < -0.4 is 9.13 Å². The molecule has 0 saturated carbocycles. The topological polar surface area (TPSA) is 43.9 Å². The lowest BCUT2D eigenvalue weighted by atomic mass is 10.1. The zero-order valence-corrected chi connectivity index (χ0v) is 11.6. The van der Waals surface area contributed by atoms with Crippen molar-refractivity contribution < 1.29 is 18.7 Å². The predicted octanol–water partition coefficient (Wildman–Crippen LogP) is -0.572. The van der Waals surface area contributed by atoms with Crippen LogP contribution in [0.25, 0.3) is 0 Å². The van der Waals surface area contributed by atoms with Gasteiger partial charge in [0, 0.05) is 0 Å². The molecule has 0 fully saturated rings. The Morgan fingerprint density at radius 2 is 1.58 bits per heavy atom. The zero-order valence-electron chi connectivity index (χ0n) is 11.6. The van der Waals surface area contributed by atoms with Gasteiger partial charge in [0.1, 0.15) is 43.8 Å². The van der Waals surface area contributed by atoms with Gasteiger partial charge in [-0.3, -0.25) is 4.79 Å². The first-order valence-electron chi connectivity index (χ1n) is 6.18. The average Bonchev–Trinajstić information content (AvgIpc) is 2.97. The van der Waals surface area contributed by atoms with Gasteiger partial charge >= 0.3 is 5.97 Å². The molecule has 19 heavy (non-hydrogen) atoms. The second kappa shape index (κ2) is 5.69. The molecule has 2 heterocycles. The van der Waals surface area contributed by atoms with Crippen LogP contribution in [0.5, 0.6) is 0 Å². The summed E-state index contributed by atoms with van der Waals surface area (Å²) < 4.78 is 12.8. The van der Waals surface area contributed by atoms with E-state index in [0.29, 0.717) is 13.1 Å². The molecule has 0 unspecified atom stereocenters. The third-order valence-electron chi connectivity index (χ3n) is 3.04. The summed E-state index contributed by atoms with van der Waals surface area (Å²) in [5, 5.41) is 0. The van der Waals surface area contributed by atoms with Crippen LogP contribution in [0.15, 0.2) is 37.4 Å². The molecule has 0 N–H and O–H groups in total. The van der Waals surface area contributed by atoms with Crippen LogP contribution in [0.3, 0.4) is 0 Å². The average molecular weight is 264 g/mol. The quantitative estimate of drug-likeness (QED) is 0.536. The Morgan fingerprint density at radius 1 is 1.11 bits per heavy atom. The van der Waals surface area contributed by atoms with Gasteiger partial charge < -0.3 is 4.74 Å². The van der Waals surface area contributed by atoms with Crippen LogP contribution in [0.4, 0.5) is 0 Å². The first-order chi connectivity index (χ1) is 9.08. The molecular weight excluding hydrogens is 244 g/mol. The molecule has 2 aromatic rings. The summed E-state index contributed by atoms with van der Waals surface area (Å²) in [5.41, 5.74) is 0. The number of esters is 1. The Kier molecular flexibility index (Phi) is 3.99. The van der Waals surface area contributed by atoms with Gasteiger partial charge in [0.25, 0.3) is 0 Å². The molecule has 0 aliphatic heterocycles. The molecule has 6 heteroatoms. The van der Waals surface area contributed by atoms with E-state index in [-0.39, 0.29) is 11.9 Å². The molecular formula is C13H20N4O2+2. The molecule has 0 spiro atoms. The van der Waals surface area contributed by atoms with E-state index in [1.807, 2.05) is 69.8 Å². The van der Waals surface area contributed by atoms with E-state index in [2.05, 4.69) is 0 Å². The second-order valence-electron chi connectivity index (χ2n) is 4.77. The van der Waals surface area contributed by atoms with Gasteiger partial charge in [0.2, 0.25) is 12.7 Å². The number of hydrogen-bond donors (Lipinski definition) is 0. The zero-order chi connectivity index (χ0) is 13.8. The first kappa shape index (κ1) is 13.3. The second-order valence-corrected chi connectivity index (χ2v) is 4.77. The van der Waals surface area contributed by atoms with E-state index in [1.165, 1.54) is 7.11 Å². The van der Waals surface area contributed by atoms with E-state index in [0.717, 1.165) is 0 Å². The number of aryl methyl sites for hydroxylation is 2. The molecule has 0 bridgehead atoms. The number of aromatic nitrogens is 4. The minimum atomic E-state index is -0.204. The lowest BCUT2D eigenvalue weighted by Crippen LogP contribution is -2.29. The summed E-state index contributed by atoms with van der Waals surface area (Å²) in [6.45, 7) is 1.21. The van der Waals surface area contributed by atoms with Crippen LogP contribution in [0, 0.1) is 5.92 Å². The molecule has 0 amide bonds. The lowest BCUT2D eigenvalue weighted by molar-refractivity contribution is -0.671. The molecule has 0 aliphatic rings. The number of rotatable bonds is 5. The van der Waals surface area contributed by atoms with Crippen molar-refractivity contribution in [1.29, 1.82) is 0 Å². The fourth-order valence-electron chi connectivity index (χ4n) is 2.10. The first-order valence-corrected chi connectivity index (χ1v) is 6.18. The standard InChI is InChI=1S/C13H20N4O2/c1-14-4-6-16(10-14)8-12(13(18)19-3)9-17-7-5-15(2)11-17/h4-7,10-12H,8-9H2,1-3H3/q+2. The van der Waals surface area contributed by atoms with E-state index >= 15 is 0 Å². The van der Waals surface area contributed by atoms with Crippen molar-refractivity contribution in [2.24, 2.45) is 20.0 Å². The fourth-order valence-corrected chi connectivity index (χ4v) is 2.10. The summed E-state index contributed by atoms with van der Waals surface area (Å²) in [4.78, 5) is 11.9. The number of methoxy groups -OCH3 is 1. The molecule has 2 rings (SSSR count). The van der Waals surface area contributed by atoms with Crippen molar-refractivity contribution in [2.45, 2.75) is 13.1 Å². The van der Waals surface area contributed by atoms with Crippen molar-refractivity contribution >= 4 is 5.97 Å². The Labute approximate surface area is 112 Å². The largest absolute Gasteiger partial charge is 0.469 e. The highest BCUT2D eigenvalue weighted by Gasteiger charge is 2.25. The number of nitrogens with zero attached hydrogens (tertiary/aromatic N) is 4. The van der Waals surface area contributed by atoms with Gasteiger partial charge in [-0.2, -0.15) is 0 Å². The van der Waals surface area contributed by atoms with Crippen molar-refractivity contribution in [3.63, 3.8) is 0 Å². The van der Waals surface area contributed by atoms with Gasteiger partial charge in [-0.25, -0.2) is 18.3 Å². The Bertz CT molecular complexity index is 516. The molecule has 0 saturated heterocycles. The molecule has 0 radical (unpaired) electrons. The van der Waals surface area contributed by atoms with Gasteiger partial charge in [-0.05, 0) is 0 Å². The highest BCUT2D eigenvalue weighted by Crippen LogP contribution is 2.07. The van der Waals surface area contributed by atoms with Gasteiger partial charge in [-0.15, -0.1) is 0 Å². The van der Waals surface area contributed by atoms with Crippen LogP contribution in [0.2, 0.25) is 0 Å². The van der Waals surface area contributed by atoms with E-state index in [9.17, 15) is 4.79 Å². The number of ether oxygens (including phenoxy) is 1. The molecule has 102 valence electrons. The highest BCUT2D eigenvalue weighted by atomic mass is 16.5. The summed E-state index contributed by atoms with van der Waals surface area (Å²) in [6, 6.07) is 0. The normalized spacial score (nSPS) is 10.9. The van der Waals surface area contributed by atoms with Crippen molar-refractivity contribution in [3.8, 4) is 0 Å². The van der Waals surface area contributed by atoms with Gasteiger partial charge in [0.05, 0.1) is 21.2 Å². The minimum Gasteiger partial charge on any atom is -0.469 e. The maximum atomic E-state index is 11.9. The van der Waals surface area contributed by atoms with E-state index < -0.39 is 0 Å². The van der Waals surface area contributed by atoms with Crippen LogP contribution in [-0.4, -0.2) is 22.2 Å². The summed E-state index contributed by atoms with van der Waals surface area (Å²) in [7, 11) is 5.34. The smallest absolute Gasteiger partial charge is 0.316 e. The number of carbonyl (C=O) groups is 1. The van der Waals surface area contributed by atoms with E-state index in [1.54, 1.807) is 0 Å². The van der Waals surface area contributed by atoms with Crippen molar-refractivity contribution in [3.05, 3.63) is 37.4 Å². The van der Waals surface area contributed by atoms with E-state index in [4.69, 9.17) is 4.74 Å². The minimum absolute atomic E-state index is 0.187. The number of imidazole rings is 2. The Hall–Kier alpha value is -2.11. The van der Waals surface area contributed by atoms with Crippen LogP contribution in [-0.2, 0) is 36.7 Å². The van der Waals surface area contributed by atoms with Gasteiger partial charge in [0.15, 0.2) is 0 Å². The Morgan fingerprint density at radius 3 is 1.89 bits per heavy atom. The van der Waals surface area contributed by atoms with Crippen LogP contribution >= 0.6 is 0 Å². The summed E-state index contributed by atoms with van der Waals surface area (Å²) in [6.07, 6.45) is 11.7. The van der Waals surface area contributed by atoms with Gasteiger partial charge in [-0.1, -0.05) is 0 Å². The highest BCUT2D eigenvalue weighted by molar-refractivity contribution is 5.72. The van der Waals surface area contributed by atoms with Crippen molar-refractivity contribution in [2.75, 3.05) is 7.11 Å². The summed E-state index contributed by atoms with van der Waals surface area (Å²) in [5.74, 6) is -0.391. The third-order valence-corrected chi connectivity index (χ3v) is 3.04. The SMILES string of the molecule is COC(=O)C(Cn1cc[n+](C)c1)Cn1cc[n+](C)c1. The number of carbonyl (C=O) groups excluding carboxylic acids is 1. The maximum Gasteiger partial charge on any atom is 0.316 e. The molecule has 0 atom stereocenters. The maximum absolute atomic E-state index is 11.9. The molecule has 6 nitrogen and oxygen atoms in total. The monoisotopic (exact) mass is 264 g/mol. The fraction of sp³-hybridized carbons (Fsp3) is 0.462. The predicted molar refractivity (Wildman–Crippen MR) is 66.7 cm³/mol. The van der Waals surface area contributed by atoms with Crippen molar-refractivity contribution in [1.82, 2.24) is 9.13 Å². The third kappa shape index (κ3) is 3.43. The Balaban J connectivity index is 2.09.